The number of hydrogen-bond donors (Lipinski definition) is 2. The molecule has 0 aromatic rings. The maximum absolute atomic E-state index is 11.8. The molecule has 1 fully saturated rings. The Bertz CT molecular complexity index is 196. The largest absolute Gasteiger partial charge is 0.401 e. The van der Waals surface area contributed by atoms with Crippen LogP contribution in [0.1, 0.15) is 12.8 Å². The molecule has 0 amide bonds. The highest BCUT2D eigenvalue weighted by Crippen LogP contribution is 2.18. The van der Waals surface area contributed by atoms with Crippen LogP contribution in [0.4, 0.5) is 13.2 Å². The van der Waals surface area contributed by atoms with E-state index in [1.165, 1.54) is 0 Å². The van der Waals surface area contributed by atoms with Gasteiger partial charge in [-0.3, -0.25) is 0 Å². The molecule has 1 atom stereocenters. The molecule has 0 saturated carbocycles. The van der Waals surface area contributed by atoms with Gasteiger partial charge in [0.05, 0.1) is 6.54 Å². The topological polar surface area (TPSA) is 41.3 Å². The van der Waals surface area contributed by atoms with Gasteiger partial charge in [0.25, 0.3) is 0 Å². The number of alkyl halides is 3. The number of halogens is 3. The van der Waals surface area contributed by atoms with Crippen molar-refractivity contribution in [2.75, 3.05) is 39.3 Å². The van der Waals surface area contributed by atoms with Gasteiger partial charge in [-0.15, -0.1) is 0 Å². The summed E-state index contributed by atoms with van der Waals surface area (Å²) in [6.45, 7) is 2.85. The van der Waals surface area contributed by atoms with Gasteiger partial charge in [0.15, 0.2) is 0 Å². The van der Waals surface area contributed by atoms with Gasteiger partial charge >= 0.3 is 6.18 Å². The first-order valence-corrected chi connectivity index (χ1v) is 5.71. The van der Waals surface area contributed by atoms with Crippen LogP contribution >= 0.6 is 0 Å². The molecule has 0 aromatic heterocycles. The van der Waals surface area contributed by atoms with E-state index in [0.717, 1.165) is 25.9 Å². The zero-order valence-electron chi connectivity index (χ0n) is 9.39. The van der Waals surface area contributed by atoms with E-state index in [1.54, 1.807) is 0 Å². The van der Waals surface area contributed by atoms with Crippen LogP contribution in [0.25, 0.3) is 0 Å². The second-order valence-electron chi connectivity index (χ2n) is 4.32. The normalized spacial score (nSPS) is 22.9. The minimum Gasteiger partial charge on any atom is -0.330 e. The summed E-state index contributed by atoms with van der Waals surface area (Å²) in [5, 5.41) is 2.41. The second kappa shape index (κ2) is 6.42. The van der Waals surface area contributed by atoms with Gasteiger partial charge in [-0.2, -0.15) is 13.2 Å². The Morgan fingerprint density at radius 1 is 1.38 bits per heavy atom. The molecule has 0 radical (unpaired) electrons. The van der Waals surface area contributed by atoms with Crippen molar-refractivity contribution in [3.8, 4) is 0 Å². The Kier molecular flexibility index (Phi) is 5.51. The van der Waals surface area contributed by atoms with Crippen LogP contribution in [-0.4, -0.2) is 50.3 Å². The van der Waals surface area contributed by atoms with Gasteiger partial charge in [0.2, 0.25) is 0 Å². The number of rotatable bonds is 6. The van der Waals surface area contributed by atoms with Crippen molar-refractivity contribution in [1.82, 2.24) is 10.2 Å². The lowest BCUT2D eigenvalue weighted by atomic mass is 10.1. The summed E-state index contributed by atoms with van der Waals surface area (Å²) in [4.78, 5) is 2.20. The Labute approximate surface area is 94.2 Å². The van der Waals surface area contributed by atoms with Gasteiger partial charge in [-0.1, -0.05) is 0 Å². The first-order valence-electron chi connectivity index (χ1n) is 5.71. The van der Waals surface area contributed by atoms with Crippen LogP contribution < -0.4 is 11.1 Å². The second-order valence-corrected chi connectivity index (χ2v) is 4.32. The van der Waals surface area contributed by atoms with E-state index in [4.69, 9.17) is 5.73 Å². The number of nitrogens with one attached hydrogen (secondary N) is 1. The van der Waals surface area contributed by atoms with Crippen molar-refractivity contribution in [3.05, 3.63) is 0 Å². The smallest absolute Gasteiger partial charge is 0.330 e. The van der Waals surface area contributed by atoms with E-state index in [2.05, 4.69) is 10.2 Å². The number of nitrogens with two attached hydrogens (primary N) is 1. The van der Waals surface area contributed by atoms with Gasteiger partial charge in [0, 0.05) is 19.6 Å². The number of nitrogens with zero attached hydrogens (tertiary/aromatic N) is 1. The van der Waals surface area contributed by atoms with Crippen LogP contribution in [0.5, 0.6) is 0 Å². The van der Waals surface area contributed by atoms with E-state index >= 15 is 0 Å². The maximum atomic E-state index is 11.8. The quantitative estimate of drug-likeness (QED) is 0.674. The fraction of sp³-hybridized carbons (Fsp3) is 1.00. The Hall–Kier alpha value is -0.330. The summed E-state index contributed by atoms with van der Waals surface area (Å²) in [7, 11) is 0. The average Bonchev–Trinajstić information content (AvgIpc) is 2.60. The molecule has 1 saturated heterocycles. The first kappa shape index (κ1) is 13.7. The lowest BCUT2D eigenvalue weighted by Crippen LogP contribution is -2.35. The fourth-order valence-electron chi connectivity index (χ4n) is 2.05. The molecule has 6 heteroatoms. The molecule has 3 N–H and O–H groups in total. The Balaban J connectivity index is 2.02. The van der Waals surface area contributed by atoms with Crippen LogP contribution in [0.15, 0.2) is 0 Å². The van der Waals surface area contributed by atoms with Crippen molar-refractivity contribution in [2.45, 2.75) is 19.0 Å². The summed E-state index contributed by atoms with van der Waals surface area (Å²) in [5.74, 6) is 0.632. The van der Waals surface area contributed by atoms with Crippen LogP contribution in [0, 0.1) is 5.92 Å². The molecule has 96 valence electrons. The van der Waals surface area contributed by atoms with Gasteiger partial charge in [-0.05, 0) is 31.8 Å². The zero-order chi connectivity index (χ0) is 12.0. The van der Waals surface area contributed by atoms with E-state index in [-0.39, 0.29) is 0 Å². The standard InChI is InChI=1S/C10H20F3N3/c11-10(12,13)8-15-4-6-16-5-2-9(7-16)1-3-14/h9,15H,1-8,14H2. The Morgan fingerprint density at radius 3 is 2.75 bits per heavy atom. The molecule has 0 aromatic carbocycles. The summed E-state index contributed by atoms with van der Waals surface area (Å²) >= 11 is 0. The van der Waals surface area contributed by atoms with Crippen molar-refractivity contribution < 1.29 is 13.2 Å². The van der Waals surface area contributed by atoms with Gasteiger partial charge in [-0.25, -0.2) is 0 Å². The molecular weight excluding hydrogens is 219 g/mol. The minimum atomic E-state index is -4.10. The maximum Gasteiger partial charge on any atom is 0.401 e. The van der Waals surface area contributed by atoms with Crippen LogP contribution in [0.2, 0.25) is 0 Å². The molecule has 16 heavy (non-hydrogen) atoms. The van der Waals surface area contributed by atoms with E-state index in [9.17, 15) is 13.2 Å². The van der Waals surface area contributed by atoms with Gasteiger partial charge in [0.1, 0.15) is 0 Å². The zero-order valence-corrected chi connectivity index (χ0v) is 9.39. The molecule has 1 aliphatic rings. The molecule has 1 rings (SSSR count). The predicted octanol–water partition coefficient (Wildman–Crippen LogP) is 0.809. The number of hydrogen-bond acceptors (Lipinski definition) is 3. The number of likely N-dealkylation sites (tertiary alicyclic amines) is 1. The highest BCUT2D eigenvalue weighted by Gasteiger charge is 2.26. The minimum absolute atomic E-state index is 0.398. The highest BCUT2D eigenvalue weighted by atomic mass is 19.4. The monoisotopic (exact) mass is 239 g/mol. The third-order valence-electron chi connectivity index (χ3n) is 2.88. The lowest BCUT2D eigenvalue weighted by molar-refractivity contribution is -0.124. The van der Waals surface area contributed by atoms with E-state index < -0.39 is 12.7 Å². The third-order valence-corrected chi connectivity index (χ3v) is 2.88. The first-order chi connectivity index (χ1) is 7.51. The fourth-order valence-corrected chi connectivity index (χ4v) is 2.05. The molecule has 1 heterocycles. The van der Waals surface area contributed by atoms with Crippen molar-refractivity contribution in [3.63, 3.8) is 0 Å². The predicted molar refractivity (Wildman–Crippen MR) is 57.1 cm³/mol. The molecule has 0 bridgehead atoms. The molecule has 3 nitrogen and oxygen atoms in total. The molecule has 1 aliphatic heterocycles. The van der Waals surface area contributed by atoms with E-state index in [0.29, 0.717) is 25.6 Å². The van der Waals surface area contributed by atoms with Gasteiger partial charge < -0.3 is 16.0 Å². The van der Waals surface area contributed by atoms with Crippen molar-refractivity contribution >= 4 is 0 Å². The third kappa shape index (κ3) is 5.67. The van der Waals surface area contributed by atoms with E-state index in [1.807, 2.05) is 0 Å². The lowest BCUT2D eigenvalue weighted by Gasteiger charge is -2.16. The molecule has 1 unspecified atom stereocenters. The summed E-state index contributed by atoms with van der Waals surface area (Å²) in [6.07, 6.45) is -1.96. The highest BCUT2D eigenvalue weighted by molar-refractivity contribution is 4.76. The molecule has 0 spiro atoms. The average molecular weight is 239 g/mol. The molecule has 0 aliphatic carbocycles. The van der Waals surface area contributed by atoms with Crippen LogP contribution in [0.3, 0.4) is 0 Å². The van der Waals surface area contributed by atoms with Crippen molar-refractivity contribution in [2.24, 2.45) is 11.7 Å². The summed E-state index contributed by atoms with van der Waals surface area (Å²) < 4.78 is 35.5. The molecular formula is C10H20F3N3. The summed E-state index contributed by atoms with van der Waals surface area (Å²) in [6, 6.07) is 0. The van der Waals surface area contributed by atoms with Crippen molar-refractivity contribution in [1.29, 1.82) is 0 Å². The van der Waals surface area contributed by atoms with Crippen LogP contribution in [-0.2, 0) is 0 Å². The SMILES string of the molecule is NCCC1CCN(CCNCC(F)(F)F)C1. The Morgan fingerprint density at radius 2 is 2.12 bits per heavy atom. The summed E-state index contributed by atoms with van der Waals surface area (Å²) in [5.41, 5.74) is 5.47.